The molecule has 1 heterocycles. The van der Waals surface area contributed by atoms with Crippen molar-refractivity contribution in [1.29, 1.82) is 0 Å². The van der Waals surface area contributed by atoms with Gasteiger partial charge in [0.1, 0.15) is 0 Å². The molecule has 1 aliphatic heterocycles. The van der Waals surface area contributed by atoms with E-state index in [4.69, 9.17) is 0 Å². The summed E-state index contributed by atoms with van der Waals surface area (Å²) in [6, 6.07) is 11.0. The fraction of sp³-hybridized carbons (Fsp3) is 0.714. The maximum atomic E-state index is 2.73. The van der Waals surface area contributed by atoms with E-state index in [2.05, 4.69) is 60.9 Å². The molecular formula is C21H34N2. The minimum absolute atomic E-state index is 0.237. The molecule has 128 valence electrons. The quantitative estimate of drug-likeness (QED) is 0.787. The second-order valence-electron chi connectivity index (χ2n) is 8.50. The Labute approximate surface area is 142 Å². The van der Waals surface area contributed by atoms with Gasteiger partial charge in [0.15, 0.2) is 0 Å². The number of anilines is 1. The first-order valence-electron chi connectivity index (χ1n) is 9.59. The smallest absolute Gasteiger partial charge is 0.0371 e. The van der Waals surface area contributed by atoms with Crippen LogP contribution in [-0.4, -0.2) is 36.6 Å². The van der Waals surface area contributed by atoms with Crippen molar-refractivity contribution in [2.24, 2.45) is 11.8 Å². The van der Waals surface area contributed by atoms with Gasteiger partial charge < -0.3 is 9.80 Å². The van der Waals surface area contributed by atoms with Crippen molar-refractivity contribution < 1.29 is 0 Å². The Balaban J connectivity index is 1.67. The molecule has 0 N–H and O–H groups in total. The van der Waals surface area contributed by atoms with Crippen LogP contribution in [0.2, 0.25) is 0 Å². The number of para-hydroxylation sites is 1. The molecular weight excluding hydrogens is 280 g/mol. The predicted octanol–water partition coefficient (Wildman–Crippen LogP) is 4.80. The van der Waals surface area contributed by atoms with Crippen molar-refractivity contribution in [1.82, 2.24) is 4.90 Å². The van der Waals surface area contributed by atoms with E-state index in [0.717, 1.165) is 18.4 Å². The van der Waals surface area contributed by atoms with E-state index in [-0.39, 0.29) is 5.54 Å². The molecule has 2 aliphatic rings. The molecule has 0 amide bonds. The van der Waals surface area contributed by atoms with Gasteiger partial charge in [-0.2, -0.15) is 0 Å². The van der Waals surface area contributed by atoms with E-state index in [1.54, 1.807) is 0 Å². The molecule has 1 unspecified atom stereocenters. The van der Waals surface area contributed by atoms with Gasteiger partial charge in [-0.25, -0.2) is 0 Å². The van der Waals surface area contributed by atoms with Gasteiger partial charge >= 0.3 is 0 Å². The van der Waals surface area contributed by atoms with Crippen LogP contribution in [0.15, 0.2) is 30.3 Å². The lowest BCUT2D eigenvalue weighted by molar-refractivity contribution is 0.167. The molecule has 1 aliphatic carbocycles. The van der Waals surface area contributed by atoms with Gasteiger partial charge in [-0.15, -0.1) is 0 Å². The summed E-state index contributed by atoms with van der Waals surface area (Å²) in [6.07, 6.45) is 7.11. The minimum Gasteiger partial charge on any atom is -0.365 e. The first-order chi connectivity index (χ1) is 11.0. The van der Waals surface area contributed by atoms with Gasteiger partial charge in [-0.1, -0.05) is 44.4 Å². The zero-order valence-electron chi connectivity index (χ0n) is 15.3. The summed E-state index contributed by atoms with van der Waals surface area (Å²) in [5.74, 6) is 1.79. The van der Waals surface area contributed by atoms with E-state index >= 15 is 0 Å². The molecule has 1 aromatic carbocycles. The number of hydrogen-bond donors (Lipinski definition) is 0. The molecule has 0 spiro atoms. The molecule has 2 heteroatoms. The zero-order chi connectivity index (χ0) is 16.3. The molecule has 0 bridgehead atoms. The standard InChI is InChI=1S/C21H34N2/c1-18-16-21(2,3)23(20-10-5-4-6-11-20)15-14-22(17-18)13-12-19-8-7-9-19/h4-6,10-11,18-19H,7-9,12-17H2,1-3H3. The summed E-state index contributed by atoms with van der Waals surface area (Å²) < 4.78 is 0. The lowest BCUT2D eigenvalue weighted by Gasteiger charge is -2.46. The van der Waals surface area contributed by atoms with Crippen LogP contribution in [-0.2, 0) is 0 Å². The van der Waals surface area contributed by atoms with Crippen LogP contribution in [0.5, 0.6) is 0 Å². The largest absolute Gasteiger partial charge is 0.365 e. The fourth-order valence-electron chi connectivity index (χ4n) is 4.54. The van der Waals surface area contributed by atoms with Crippen LogP contribution < -0.4 is 4.90 Å². The van der Waals surface area contributed by atoms with Gasteiger partial charge in [0, 0.05) is 30.9 Å². The van der Waals surface area contributed by atoms with Crippen molar-refractivity contribution in [2.45, 2.75) is 58.4 Å². The highest BCUT2D eigenvalue weighted by Crippen LogP contribution is 2.32. The van der Waals surface area contributed by atoms with Crippen molar-refractivity contribution in [3.63, 3.8) is 0 Å². The minimum atomic E-state index is 0.237. The van der Waals surface area contributed by atoms with Gasteiger partial charge in [0.25, 0.3) is 0 Å². The van der Waals surface area contributed by atoms with E-state index in [1.165, 1.54) is 57.4 Å². The maximum Gasteiger partial charge on any atom is 0.0371 e. The fourth-order valence-corrected chi connectivity index (χ4v) is 4.54. The van der Waals surface area contributed by atoms with Crippen LogP contribution in [0, 0.1) is 11.8 Å². The summed E-state index contributed by atoms with van der Waals surface area (Å²) in [4.78, 5) is 5.37. The number of nitrogens with zero attached hydrogens (tertiary/aromatic N) is 2. The molecule has 1 saturated heterocycles. The lowest BCUT2D eigenvalue weighted by Crippen LogP contribution is -2.52. The van der Waals surface area contributed by atoms with Crippen LogP contribution in [0.4, 0.5) is 5.69 Å². The van der Waals surface area contributed by atoms with Crippen LogP contribution in [0.1, 0.15) is 52.9 Å². The highest BCUT2D eigenvalue weighted by molar-refractivity contribution is 5.48. The summed E-state index contributed by atoms with van der Waals surface area (Å²) >= 11 is 0. The molecule has 23 heavy (non-hydrogen) atoms. The second-order valence-corrected chi connectivity index (χ2v) is 8.50. The second kappa shape index (κ2) is 7.25. The van der Waals surface area contributed by atoms with E-state index < -0.39 is 0 Å². The van der Waals surface area contributed by atoms with Crippen molar-refractivity contribution in [2.75, 3.05) is 31.1 Å². The first-order valence-corrected chi connectivity index (χ1v) is 9.59. The Morgan fingerprint density at radius 3 is 2.48 bits per heavy atom. The number of rotatable bonds is 4. The van der Waals surface area contributed by atoms with Gasteiger partial charge in [0.05, 0.1) is 0 Å². The third-order valence-corrected chi connectivity index (χ3v) is 5.93. The van der Waals surface area contributed by atoms with Crippen LogP contribution in [0.3, 0.4) is 0 Å². The molecule has 1 aromatic rings. The summed E-state index contributed by atoms with van der Waals surface area (Å²) in [5.41, 5.74) is 1.62. The third kappa shape index (κ3) is 4.29. The van der Waals surface area contributed by atoms with Gasteiger partial charge in [-0.3, -0.25) is 0 Å². The zero-order valence-corrected chi connectivity index (χ0v) is 15.3. The van der Waals surface area contributed by atoms with Crippen molar-refractivity contribution >= 4 is 5.69 Å². The van der Waals surface area contributed by atoms with Gasteiger partial charge in [0.2, 0.25) is 0 Å². The third-order valence-electron chi connectivity index (χ3n) is 5.93. The average molecular weight is 315 g/mol. The highest BCUT2D eigenvalue weighted by Gasteiger charge is 2.32. The summed E-state index contributed by atoms with van der Waals surface area (Å²) in [6.45, 7) is 12.2. The monoisotopic (exact) mass is 314 g/mol. The van der Waals surface area contributed by atoms with E-state index in [1.807, 2.05) is 0 Å². The first kappa shape index (κ1) is 16.8. The molecule has 1 saturated carbocycles. The van der Waals surface area contributed by atoms with Gasteiger partial charge in [-0.05, 0) is 57.2 Å². The SMILES string of the molecule is CC1CN(CCC2CCC2)CCN(c2ccccc2)C(C)(C)C1. The summed E-state index contributed by atoms with van der Waals surface area (Å²) in [7, 11) is 0. The van der Waals surface area contributed by atoms with E-state index in [9.17, 15) is 0 Å². The Hall–Kier alpha value is -1.02. The summed E-state index contributed by atoms with van der Waals surface area (Å²) in [5, 5.41) is 0. The van der Waals surface area contributed by atoms with Crippen LogP contribution >= 0.6 is 0 Å². The number of hydrogen-bond acceptors (Lipinski definition) is 2. The molecule has 0 aromatic heterocycles. The maximum absolute atomic E-state index is 2.73. The topological polar surface area (TPSA) is 6.48 Å². The highest BCUT2D eigenvalue weighted by atomic mass is 15.2. The van der Waals surface area contributed by atoms with Crippen molar-refractivity contribution in [3.05, 3.63) is 30.3 Å². The molecule has 1 atom stereocenters. The number of benzene rings is 1. The van der Waals surface area contributed by atoms with Crippen molar-refractivity contribution in [3.8, 4) is 0 Å². The molecule has 2 fully saturated rings. The predicted molar refractivity (Wildman–Crippen MR) is 100 cm³/mol. The van der Waals surface area contributed by atoms with Crippen LogP contribution in [0.25, 0.3) is 0 Å². The Bertz CT molecular complexity index is 478. The Kier molecular flexibility index (Phi) is 5.31. The Morgan fingerprint density at radius 2 is 1.83 bits per heavy atom. The normalized spacial score (nSPS) is 26.4. The molecule has 3 rings (SSSR count). The molecule has 2 nitrogen and oxygen atoms in total. The lowest BCUT2D eigenvalue weighted by atomic mass is 9.82. The molecule has 0 radical (unpaired) electrons. The average Bonchev–Trinajstić information content (AvgIpc) is 2.44. The van der Waals surface area contributed by atoms with E-state index in [0.29, 0.717) is 0 Å². The Morgan fingerprint density at radius 1 is 1.09 bits per heavy atom.